The first-order valence-electron chi connectivity index (χ1n) is 8.90. The summed E-state index contributed by atoms with van der Waals surface area (Å²) in [6, 6.07) is 2.14. The number of aromatic nitrogens is 3. The standard InChI is InChI=1S/C19H19ClN4OS/c20-13-9-22-17-12(8-14(24-17)11-2-6-21-7-3-11)16(13)15-10-23-18(26-15)19(25)4-1-5-19/h2,8-10,21,25H,1,3-7H2,(H,22,24). The van der Waals surface area contributed by atoms with E-state index in [1.807, 2.05) is 6.20 Å². The van der Waals surface area contributed by atoms with Gasteiger partial charge in [0.05, 0.1) is 9.90 Å². The summed E-state index contributed by atoms with van der Waals surface area (Å²) in [5.74, 6) is 0. The van der Waals surface area contributed by atoms with Crippen LogP contribution in [0.4, 0.5) is 0 Å². The Bertz CT molecular complexity index is 1020. The van der Waals surface area contributed by atoms with Crippen molar-refractivity contribution >= 4 is 39.5 Å². The van der Waals surface area contributed by atoms with E-state index >= 15 is 0 Å². The third-order valence-corrected chi connectivity index (χ3v) is 6.85. The maximum Gasteiger partial charge on any atom is 0.138 e. The zero-order chi connectivity index (χ0) is 17.7. The molecular formula is C19H19ClN4OS. The van der Waals surface area contributed by atoms with Gasteiger partial charge in [0, 0.05) is 35.6 Å². The van der Waals surface area contributed by atoms with Gasteiger partial charge in [0.25, 0.3) is 0 Å². The molecule has 3 N–H and O–H groups in total. The lowest BCUT2D eigenvalue weighted by Crippen LogP contribution is -2.33. The second-order valence-corrected chi connectivity index (χ2v) is 8.46. The number of aliphatic hydroxyl groups is 1. The van der Waals surface area contributed by atoms with Crippen LogP contribution in [-0.2, 0) is 5.60 Å². The van der Waals surface area contributed by atoms with Crippen LogP contribution in [0.1, 0.15) is 36.4 Å². The van der Waals surface area contributed by atoms with Crippen molar-refractivity contribution in [2.24, 2.45) is 0 Å². The van der Waals surface area contributed by atoms with E-state index in [4.69, 9.17) is 11.6 Å². The van der Waals surface area contributed by atoms with Crippen LogP contribution in [0.5, 0.6) is 0 Å². The molecule has 2 aliphatic rings. The molecule has 134 valence electrons. The Morgan fingerprint density at radius 3 is 2.85 bits per heavy atom. The highest BCUT2D eigenvalue weighted by Crippen LogP contribution is 2.46. The summed E-state index contributed by atoms with van der Waals surface area (Å²) in [4.78, 5) is 13.4. The number of pyridine rings is 1. The number of fused-ring (bicyclic) bond motifs is 1. The smallest absolute Gasteiger partial charge is 0.138 e. The summed E-state index contributed by atoms with van der Waals surface area (Å²) in [7, 11) is 0. The molecule has 0 bridgehead atoms. The minimum absolute atomic E-state index is 0.609. The predicted molar refractivity (Wildman–Crippen MR) is 105 cm³/mol. The van der Waals surface area contributed by atoms with E-state index in [1.165, 1.54) is 16.9 Å². The fraction of sp³-hybridized carbons (Fsp3) is 0.368. The minimum Gasteiger partial charge on any atom is -0.383 e. The number of aromatic amines is 1. The number of thiazole rings is 1. The minimum atomic E-state index is -0.745. The van der Waals surface area contributed by atoms with E-state index < -0.39 is 5.60 Å². The number of nitrogens with one attached hydrogen (secondary N) is 2. The lowest BCUT2D eigenvalue weighted by atomic mass is 9.81. The van der Waals surface area contributed by atoms with E-state index in [2.05, 4.69) is 32.4 Å². The van der Waals surface area contributed by atoms with Crippen molar-refractivity contribution in [1.82, 2.24) is 20.3 Å². The van der Waals surface area contributed by atoms with Gasteiger partial charge < -0.3 is 15.4 Å². The Morgan fingerprint density at radius 2 is 2.12 bits per heavy atom. The van der Waals surface area contributed by atoms with Crippen molar-refractivity contribution in [2.75, 3.05) is 13.1 Å². The van der Waals surface area contributed by atoms with Crippen LogP contribution >= 0.6 is 22.9 Å². The Morgan fingerprint density at radius 1 is 1.23 bits per heavy atom. The fourth-order valence-electron chi connectivity index (χ4n) is 3.67. The molecule has 3 aromatic rings. The SMILES string of the molecule is OC1(c2ncc(-c3c(Cl)cnc4[nH]c(C5=CCNCC5)cc34)s2)CCC1. The van der Waals surface area contributed by atoms with Crippen LogP contribution in [-0.4, -0.2) is 33.1 Å². The van der Waals surface area contributed by atoms with Crippen LogP contribution in [0, 0.1) is 0 Å². The monoisotopic (exact) mass is 386 g/mol. The highest BCUT2D eigenvalue weighted by molar-refractivity contribution is 7.15. The van der Waals surface area contributed by atoms with Gasteiger partial charge in [-0.15, -0.1) is 11.3 Å². The molecule has 0 spiro atoms. The molecule has 0 atom stereocenters. The predicted octanol–water partition coefficient (Wildman–Crippen LogP) is 4.09. The average Bonchev–Trinajstić information content (AvgIpc) is 3.28. The molecule has 5 rings (SSSR count). The molecule has 1 fully saturated rings. The van der Waals surface area contributed by atoms with Crippen molar-refractivity contribution < 1.29 is 5.11 Å². The average molecular weight is 387 g/mol. The van der Waals surface area contributed by atoms with Gasteiger partial charge >= 0.3 is 0 Å². The molecule has 0 aromatic carbocycles. The molecule has 1 saturated carbocycles. The summed E-state index contributed by atoms with van der Waals surface area (Å²) < 4.78 is 0. The number of hydrogen-bond acceptors (Lipinski definition) is 5. The molecule has 0 amide bonds. The van der Waals surface area contributed by atoms with Crippen molar-refractivity contribution in [3.05, 3.63) is 40.3 Å². The van der Waals surface area contributed by atoms with Gasteiger partial charge in [-0.2, -0.15) is 0 Å². The maximum absolute atomic E-state index is 10.6. The maximum atomic E-state index is 10.6. The van der Waals surface area contributed by atoms with Gasteiger partial charge in [0.1, 0.15) is 16.3 Å². The first-order valence-corrected chi connectivity index (χ1v) is 10.1. The molecule has 3 aromatic heterocycles. The molecule has 7 heteroatoms. The molecule has 0 saturated heterocycles. The molecule has 0 unspecified atom stereocenters. The summed E-state index contributed by atoms with van der Waals surface area (Å²) in [5, 5.41) is 16.3. The van der Waals surface area contributed by atoms with Crippen molar-refractivity contribution in [1.29, 1.82) is 0 Å². The number of nitrogens with zero attached hydrogens (tertiary/aromatic N) is 2. The van der Waals surface area contributed by atoms with Gasteiger partial charge in [0.2, 0.25) is 0 Å². The fourth-order valence-corrected chi connectivity index (χ4v) is 5.12. The number of hydrogen-bond donors (Lipinski definition) is 3. The quantitative estimate of drug-likeness (QED) is 0.633. The van der Waals surface area contributed by atoms with E-state index in [1.54, 1.807) is 6.20 Å². The first kappa shape index (κ1) is 16.4. The third-order valence-electron chi connectivity index (χ3n) is 5.35. The van der Waals surface area contributed by atoms with Gasteiger partial charge in [-0.3, -0.25) is 0 Å². The summed E-state index contributed by atoms with van der Waals surface area (Å²) in [6.45, 7) is 1.88. The van der Waals surface area contributed by atoms with Gasteiger partial charge in [0.15, 0.2) is 0 Å². The van der Waals surface area contributed by atoms with Gasteiger partial charge in [-0.05, 0) is 43.9 Å². The Balaban J connectivity index is 1.61. The molecule has 1 aliphatic heterocycles. The lowest BCUT2D eigenvalue weighted by molar-refractivity contribution is -0.0389. The number of rotatable bonds is 3. The van der Waals surface area contributed by atoms with Crippen LogP contribution in [0.15, 0.2) is 24.5 Å². The van der Waals surface area contributed by atoms with Crippen LogP contribution in [0.2, 0.25) is 5.02 Å². The highest BCUT2D eigenvalue weighted by Gasteiger charge is 2.39. The largest absolute Gasteiger partial charge is 0.383 e. The van der Waals surface area contributed by atoms with Gasteiger partial charge in [-0.25, -0.2) is 9.97 Å². The molecule has 4 heterocycles. The second kappa shape index (κ2) is 6.16. The molecule has 26 heavy (non-hydrogen) atoms. The number of H-pyrrole nitrogens is 1. The van der Waals surface area contributed by atoms with E-state index in [0.717, 1.165) is 70.9 Å². The highest BCUT2D eigenvalue weighted by atomic mass is 35.5. The van der Waals surface area contributed by atoms with Gasteiger partial charge in [-0.1, -0.05) is 17.7 Å². The van der Waals surface area contributed by atoms with Crippen molar-refractivity contribution in [2.45, 2.75) is 31.3 Å². The van der Waals surface area contributed by atoms with E-state index in [0.29, 0.717) is 5.02 Å². The van der Waals surface area contributed by atoms with Crippen LogP contribution in [0.25, 0.3) is 27.0 Å². The third kappa shape index (κ3) is 2.60. The summed E-state index contributed by atoms with van der Waals surface area (Å²) >= 11 is 8.05. The van der Waals surface area contributed by atoms with E-state index in [-0.39, 0.29) is 0 Å². The lowest BCUT2D eigenvalue weighted by Gasteiger charge is -2.34. The Hall–Kier alpha value is -1.73. The molecule has 1 aliphatic carbocycles. The molecule has 5 nitrogen and oxygen atoms in total. The van der Waals surface area contributed by atoms with Crippen LogP contribution in [0.3, 0.4) is 0 Å². The first-order chi connectivity index (χ1) is 12.6. The Labute approximate surface area is 160 Å². The topological polar surface area (TPSA) is 73.8 Å². The van der Waals surface area contributed by atoms with Crippen molar-refractivity contribution in [3.8, 4) is 10.4 Å². The second-order valence-electron chi connectivity index (χ2n) is 7.02. The summed E-state index contributed by atoms with van der Waals surface area (Å²) in [5.41, 5.74) is 3.43. The zero-order valence-electron chi connectivity index (χ0n) is 14.2. The normalized spacial score (nSPS) is 19.4. The molecule has 0 radical (unpaired) electrons. The van der Waals surface area contributed by atoms with E-state index in [9.17, 15) is 5.11 Å². The van der Waals surface area contributed by atoms with Crippen molar-refractivity contribution in [3.63, 3.8) is 0 Å². The number of halogens is 1. The zero-order valence-corrected chi connectivity index (χ0v) is 15.8. The van der Waals surface area contributed by atoms with Crippen LogP contribution < -0.4 is 5.32 Å². The summed E-state index contributed by atoms with van der Waals surface area (Å²) in [6.07, 6.45) is 9.35. The Kier molecular flexibility index (Phi) is 3.90. The molecular weight excluding hydrogens is 368 g/mol.